The molecule has 8 N–H and O–H groups in total. The Balaban J connectivity index is 1.52. The fourth-order valence-corrected chi connectivity index (χ4v) is 4.06. The summed E-state index contributed by atoms with van der Waals surface area (Å²) in [6, 6.07) is 9.22. The van der Waals surface area contributed by atoms with E-state index in [0.29, 0.717) is 13.0 Å². The molecule has 0 spiro atoms. The summed E-state index contributed by atoms with van der Waals surface area (Å²) in [5, 5.41) is 14.0. The molecule has 1 saturated carbocycles. The van der Waals surface area contributed by atoms with Gasteiger partial charge in [-0.15, -0.1) is 0 Å². The van der Waals surface area contributed by atoms with Crippen molar-refractivity contribution in [3.05, 3.63) is 35.9 Å². The third-order valence-electron chi connectivity index (χ3n) is 5.67. The van der Waals surface area contributed by atoms with E-state index >= 15 is 0 Å². The molecule has 3 rings (SSSR count). The van der Waals surface area contributed by atoms with Crippen LogP contribution < -0.4 is 22.5 Å². The van der Waals surface area contributed by atoms with Crippen molar-refractivity contribution >= 4 is 0 Å². The summed E-state index contributed by atoms with van der Waals surface area (Å²) in [4.78, 5) is 0. The number of nitrogens with one attached hydrogen (secondary N) is 1. The lowest BCUT2D eigenvalue weighted by Gasteiger charge is -2.44. The summed E-state index contributed by atoms with van der Waals surface area (Å²) in [5.41, 5.74) is 19.7. The molecule has 0 aromatic heterocycles. The fourth-order valence-electron chi connectivity index (χ4n) is 4.06. The Kier molecular flexibility index (Phi) is 7.78. The highest BCUT2D eigenvalue weighted by atomic mass is 16.7. The van der Waals surface area contributed by atoms with Gasteiger partial charge < -0.3 is 41.8 Å². The quantitative estimate of drug-likeness (QED) is 0.414. The number of rotatable bonds is 7. The Morgan fingerprint density at radius 2 is 1.79 bits per heavy atom. The van der Waals surface area contributed by atoms with Crippen LogP contribution in [0.4, 0.5) is 0 Å². The SMILES string of the molecule is CO[C@@H]1[C@@H](O)[C@H](O[C@H]2O[C@H](CNCc3ccccc3)CC[C@H]2N)[C@@H](N)C[C@H]1N. The predicted octanol–water partition coefficient (Wildman–Crippen LogP) is -0.572. The van der Waals surface area contributed by atoms with Crippen molar-refractivity contribution in [1.29, 1.82) is 0 Å². The first-order valence-corrected chi connectivity index (χ1v) is 10.0. The van der Waals surface area contributed by atoms with Gasteiger partial charge >= 0.3 is 0 Å². The lowest BCUT2D eigenvalue weighted by atomic mass is 9.84. The fraction of sp³-hybridized carbons (Fsp3) is 0.700. The van der Waals surface area contributed by atoms with Crippen molar-refractivity contribution in [2.75, 3.05) is 13.7 Å². The van der Waals surface area contributed by atoms with Crippen LogP contribution in [-0.4, -0.2) is 67.6 Å². The number of hydrogen-bond donors (Lipinski definition) is 5. The minimum atomic E-state index is -0.920. The average molecular weight is 395 g/mol. The molecule has 0 bridgehead atoms. The van der Waals surface area contributed by atoms with Crippen LogP contribution in [0.5, 0.6) is 0 Å². The number of ether oxygens (including phenoxy) is 3. The second kappa shape index (κ2) is 10.1. The largest absolute Gasteiger partial charge is 0.388 e. The number of benzene rings is 1. The van der Waals surface area contributed by atoms with E-state index in [4.69, 9.17) is 31.4 Å². The molecule has 1 heterocycles. The highest BCUT2D eigenvalue weighted by Crippen LogP contribution is 2.27. The maximum atomic E-state index is 10.6. The van der Waals surface area contributed by atoms with Gasteiger partial charge in [-0.1, -0.05) is 30.3 Å². The number of methoxy groups -OCH3 is 1. The third-order valence-corrected chi connectivity index (χ3v) is 5.67. The molecule has 1 aromatic rings. The Hall–Kier alpha value is -1.10. The molecule has 1 aliphatic heterocycles. The van der Waals surface area contributed by atoms with Crippen molar-refractivity contribution in [2.45, 2.75) is 74.6 Å². The Labute approximate surface area is 166 Å². The summed E-state index contributed by atoms with van der Waals surface area (Å²) in [6.45, 7) is 1.48. The lowest BCUT2D eigenvalue weighted by molar-refractivity contribution is -0.254. The molecule has 8 atom stereocenters. The van der Waals surface area contributed by atoms with Gasteiger partial charge in [0.05, 0.1) is 12.1 Å². The van der Waals surface area contributed by atoms with Crippen LogP contribution in [-0.2, 0) is 20.8 Å². The van der Waals surface area contributed by atoms with Crippen LogP contribution in [0.2, 0.25) is 0 Å². The minimum absolute atomic E-state index is 0.00838. The molecule has 2 fully saturated rings. The van der Waals surface area contributed by atoms with Gasteiger partial charge in [0.25, 0.3) is 0 Å². The molecule has 0 unspecified atom stereocenters. The smallest absolute Gasteiger partial charge is 0.173 e. The third kappa shape index (κ3) is 5.28. The molecule has 158 valence electrons. The van der Waals surface area contributed by atoms with E-state index in [0.717, 1.165) is 19.4 Å². The van der Waals surface area contributed by atoms with Gasteiger partial charge in [-0.25, -0.2) is 0 Å². The summed E-state index contributed by atoms with van der Waals surface area (Å²) >= 11 is 0. The van der Waals surface area contributed by atoms with Crippen LogP contribution >= 0.6 is 0 Å². The zero-order valence-electron chi connectivity index (χ0n) is 16.4. The molecule has 28 heavy (non-hydrogen) atoms. The number of aliphatic hydroxyl groups excluding tert-OH is 1. The van der Waals surface area contributed by atoms with Gasteiger partial charge in [0.15, 0.2) is 6.29 Å². The maximum Gasteiger partial charge on any atom is 0.173 e. The summed E-state index contributed by atoms with van der Waals surface area (Å²) in [7, 11) is 1.53. The van der Waals surface area contributed by atoms with Crippen molar-refractivity contribution in [2.24, 2.45) is 17.2 Å². The average Bonchev–Trinajstić information content (AvgIpc) is 2.68. The van der Waals surface area contributed by atoms with Crippen LogP contribution in [0.3, 0.4) is 0 Å². The minimum Gasteiger partial charge on any atom is -0.388 e. The van der Waals surface area contributed by atoms with Crippen LogP contribution in [0.15, 0.2) is 30.3 Å². The molecular formula is C20H34N4O4. The van der Waals surface area contributed by atoms with E-state index in [1.807, 2.05) is 18.2 Å². The monoisotopic (exact) mass is 394 g/mol. The van der Waals surface area contributed by atoms with Gasteiger partial charge in [-0.2, -0.15) is 0 Å². The molecule has 0 radical (unpaired) electrons. The lowest BCUT2D eigenvalue weighted by Crippen LogP contribution is -2.64. The van der Waals surface area contributed by atoms with Crippen LogP contribution in [0.25, 0.3) is 0 Å². The molecule has 8 nitrogen and oxygen atoms in total. The Morgan fingerprint density at radius 1 is 1.07 bits per heavy atom. The second-order valence-electron chi connectivity index (χ2n) is 7.84. The van der Waals surface area contributed by atoms with Crippen LogP contribution in [0, 0.1) is 0 Å². The first-order chi connectivity index (χ1) is 13.5. The van der Waals surface area contributed by atoms with E-state index in [-0.39, 0.29) is 18.2 Å². The number of nitrogens with two attached hydrogens (primary N) is 3. The Bertz CT molecular complexity index is 593. The van der Waals surface area contributed by atoms with E-state index < -0.39 is 30.6 Å². The van der Waals surface area contributed by atoms with Gasteiger partial charge in [-0.05, 0) is 24.8 Å². The van der Waals surface area contributed by atoms with Crippen LogP contribution in [0.1, 0.15) is 24.8 Å². The molecule has 1 aromatic carbocycles. The molecule has 8 heteroatoms. The van der Waals surface area contributed by atoms with Gasteiger partial charge in [-0.3, -0.25) is 0 Å². The molecule has 2 aliphatic rings. The normalized spacial score (nSPS) is 39.0. The molecular weight excluding hydrogens is 360 g/mol. The van der Waals surface area contributed by atoms with E-state index in [2.05, 4.69) is 17.4 Å². The molecule has 1 aliphatic carbocycles. The van der Waals surface area contributed by atoms with Crippen molar-refractivity contribution < 1.29 is 19.3 Å². The summed E-state index contributed by atoms with van der Waals surface area (Å²) < 4.78 is 17.5. The van der Waals surface area contributed by atoms with Crippen molar-refractivity contribution in [1.82, 2.24) is 5.32 Å². The summed E-state index contributed by atoms with van der Waals surface area (Å²) in [6.07, 6.45) is -0.549. The highest BCUT2D eigenvalue weighted by Gasteiger charge is 2.45. The first kappa shape index (κ1) is 21.6. The summed E-state index contributed by atoms with van der Waals surface area (Å²) in [5.74, 6) is 0. The maximum absolute atomic E-state index is 10.6. The van der Waals surface area contributed by atoms with Gasteiger partial charge in [0.1, 0.15) is 18.3 Å². The number of aliphatic hydroxyl groups is 1. The van der Waals surface area contributed by atoms with E-state index in [1.54, 1.807) is 0 Å². The zero-order valence-corrected chi connectivity index (χ0v) is 16.4. The Morgan fingerprint density at radius 3 is 2.50 bits per heavy atom. The predicted molar refractivity (Wildman–Crippen MR) is 106 cm³/mol. The van der Waals surface area contributed by atoms with Gasteiger partial charge in [0.2, 0.25) is 0 Å². The second-order valence-corrected chi connectivity index (χ2v) is 7.84. The molecule has 0 amide bonds. The zero-order chi connectivity index (χ0) is 20.1. The highest BCUT2D eigenvalue weighted by molar-refractivity contribution is 5.14. The van der Waals surface area contributed by atoms with Gasteiger partial charge in [0, 0.05) is 32.3 Å². The standard InChI is InChI=1S/C20H34N4O4/c1-26-18-15(22)9-16(23)19(17(18)25)28-20-14(21)8-7-13(27-20)11-24-10-12-5-3-2-4-6-12/h2-6,13-20,24-25H,7-11,21-23H2,1H3/t13-,14+,15+,16-,17+,18-,19+,20+/m0/s1. The van der Waals surface area contributed by atoms with Crippen molar-refractivity contribution in [3.63, 3.8) is 0 Å². The van der Waals surface area contributed by atoms with E-state index in [9.17, 15) is 5.11 Å². The van der Waals surface area contributed by atoms with Crippen molar-refractivity contribution in [3.8, 4) is 0 Å². The van der Waals surface area contributed by atoms with E-state index in [1.165, 1.54) is 12.7 Å². The first-order valence-electron chi connectivity index (χ1n) is 10.0. The number of hydrogen-bond acceptors (Lipinski definition) is 8. The topological polar surface area (TPSA) is 138 Å². The molecule has 1 saturated heterocycles.